The Bertz CT molecular complexity index is 832. The van der Waals surface area contributed by atoms with Crippen LogP contribution in [0.15, 0.2) is 24.5 Å². The minimum Gasteiger partial charge on any atom is -0.341 e. The maximum absolute atomic E-state index is 12.8. The van der Waals surface area contributed by atoms with Gasteiger partial charge in [0.25, 0.3) is 0 Å². The minimum absolute atomic E-state index is 0.107. The number of aromatic amines is 1. The van der Waals surface area contributed by atoms with Crippen LogP contribution in [-0.2, 0) is 16.8 Å². The van der Waals surface area contributed by atoms with Gasteiger partial charge >= 0.3 is 0 Å². The number of aryl methyl sites for hydroxylation is 1. The fraction of sp³-hybridized carbons (Fsp3) is 0.600. The SMILES string of the molecule is Cc1nc([C@@]23CCN(Cc4ccncc4)C[C@@H]2CN(C(=O)C2CC2)C3)n[nH]1. The van der Waals surface area contributed by atoms with Crippen LogP contribution in [-0.4, -0.2) is 62.1 Å². The molecule has 1 saturated carbocycles. The molecular formula is C20H26N6O. The lowest BCUT2D eigenvalue weighted by atomic mass is 9.72. The molecule has 2 aromatic rings. The summed E-state index contributed by atoms with van der Waals surface area (Å²) in [7, 11) is 0. The summed E-state index contributed by atoms with van der Waals surface area (Å²) in [5.74, 6) is 2.75. The highest BCUT2D eigenvalue weighted by atomic mass is 16.2. The molecule has 3 fully saturated rings. The van der Waals surface area contributed by atoms with Crippen molar-refractivity contribution < 1.29 is 4.79 Å². The second-order valence-electron chi connectivity index (χ2n) is 8.43. The Morgan fingerprint density at radius 2 is 2.11 bits per heavy atom. The Labute approximate surface area is 159 Å². The second kappa shape index (κ2) is 6.41. The number of amides is 1. The number of aromatic nitrogens is 4. The van der Waals surface area contributed by atoms with Crippen LogP contribution >= 0.6 is 0 Å². The van der Waals surface area contributed by atoms with Crippen LogP contribution in [0.4, 0.5) is 0 Å². The van der Waals surface area contributed by atoms with Crippen LogP contribution in [0.3, 0.4) is 0 Å². The van der Waals surface area contributed by atoms with E-state index in [4.69, 9.17) is 4.98 Å². The number of fused-ring (bicyclic) bond motifs is 1. The van der Waals surface area contributed by atoms with Crippen molar-refractivity contribution in [2.45, 2.75) is 38.1 Å². The number of hydrogen-bond acceptors (Lipinski definition) is 5. The lowest BCUT2D eigenvalue weighted by Crippen LogP contribution is -2.49. The van der Waals surface area contributed by atoms with E-state index in [1.54, 1.807) is 0 Å². The van der Waals surface area contributed by atoms with E-state index in [9.17, 15) is 4.79 Å². The molecule has 1 amide bonds. The Kier molecular flexibility index (Phi) is 4.00. The largest absolute Gasteiger partial charge is 0.341 e. The second-order valence-corrected chi connectivity index (χ2v) is 8.43. The van der Waals surface area contributed by atoms with Gasteiger partial charge in [0.2, 0.25) is 5.91 Å². The van der Waals surface area contributed by atoms with Gasteiger partial charge in [-0.05, 0) is 50.4 Å². The Hall–Kier alpha value is -2.28. The van der Waals surface area contributed by atoms with Crippen LogP contribution in [0.5, 0.6) is 0 Å². The predicted molar refractivity (Wildman–Crippen MR) is 99.7 cm³/mol. The molecule has 7 nitrogen and oxygen atoms in total. The summed E-state index contributed by atoms with van der Waals surface area (Å²) in [5.41, 5.74) is 1.18. The summed E-state index contributed by atoms with van der Waals surface area (Å²) in [5, 5.41) is 7.55. The maximum atomic E-state index is 12.8. The van der Waals surface area contributed by atoms with Gasteiger partial charge in [-0.2, -0.15) is 5.10 Å². The van der Waals surface area contributed by atoms with Crippen LogP contribution < -0.4 is 0 Å². The van der Waals surface area contributed by atoms with E-state index < -0.39 is 0 Å². The number of nitrogens with one attached hydrogen (secondary N) is 1. The highest BCUT2D eigenvalue weighted by Gasteiger charge is 2.54. The van der Waals surface area contributed by atoms with Gasteiger partial charge in [0.15, 0.2) is 5.82 Å². The molecule has 1 aliphatic carbocycles. The zero-order chi connectivity index (χ0) is 18.4. The number of pyridine rings is 1. The van der Waals surface area contributed by atoms with Crippen molar-refractivity contribution in [3.63, 3.8) is 0 Å². The van der Waals surface area contributed by atoms with Crippen LogP contribution in [0.25, 0.3) is 0 Å². The van der Waals surface area contributed by atoms with Crippen molar-refractivity contribution >= 4 is 5.91 Å². The first-order chi connectivity index (χ1) is 13.1. The van der Waals surface area contributed by atoms with E-state index in [1.165, 1.54) is 5.56 Å². The third-order valence-electron chi connectivity index (χ3n) is 6.48. The van der Waals surface area contributed by atoms with Gasteiger partial charge in [0.1, 0.15) is 5.82 Å². The zero-order valence-electron chi connectivity index (χ0n) is 15.8. The topological polar surface area (TPSA) is 78.0 Å². The number of carbonyl (C=O) groups excluding carboxylic acids is 1. The third-order valence-corrected chi connectivity index (χ3v) is 6.48. The van der Waals surface area contributed by atoms with Gasteiger partial charge in [-0.1, -0.05) is 0 Å². The average molecular weight is 366 g/mol. The van der Waals surface area contributed by atoms with E-state index >= 15 is 0 Å². The van der Waals surface area contributed by atoms with Crippen molar-refractivity contribution in [3.05, 3.63) is 41.7 Å². The fourth-order valence-corrected chi connectivity index (χ4v) is 4.83. The summed E-state index contributed by atoms with van der Waals surface area (Å²) in [6.07, 6.45) is 6.81. The molecule has 2 saturated heterocycles. The van der Waals surface area contributed by atoms with Crippen molar-refractivity contribution in [1.82, 2.24) is 30.0 Å². The van der Waals surface area contributed by atoms with Crippen LogP contribution in [0.1, 0.15) is 36.5 Å². The van der Waals surface area contributed by atoms with Crippen LogP contribution in [0, 0.1) is 18.8 Å². The molecule has 2 aromatic heterocycles. The maximum Gasteiger partial charge on any atom is 0.225 e. The quantitative estimate of drug-likeness (QED) is 0.888. The van der Waals surface area contributed by atoms with E-state index in [1.807, 2.05) is 19.3 Å². The Morgan fingerprint density at radius 1 is 1.30 bits per heavy atom. The Morgan fingerprint density at radius 3 is 2.81 bits per heavy atom. The molecule has 7 heteroatoms. The number of H-pyrrole nitrogens is 1. The summed E-state index contributed by atoms with van der Waals surface area (Å²) in [6.45, 7) is 6.45. The first kappa shape index (κ1) is 16.9. The predicted octanol–water partition coefficient (Wildman–Crippen LogP) is 1.52. The minimum atomic E-state index is -0.107. The molecule has 5 rings (SSSR count). The highest BCUT2D eigenvalue weighted by molar-refractivity contribution is 5.81. The number of nitrogens with zero attached hydrogens (tertiary/aromatic N) is 5. The lowest BCUT2D eigenvalue weighted by Gasteiger charge is -2.41. The molecule has 3 aliphatic rings. The molecule has 0 unspecified atom stereocenters. The van der Waals surface area contributed by atoms with E-state index in [-0.39, 0.29) is 11.3 Å². The van der Waals surface area contributed by atoms with Gasteiger partial charge in [-0.3, -0.25) is 19.8 Å². The van der Waals surface area contributed by atoms with Gasteiger partial charge in [0, 0.05) is 50.4 Å². The Balaban J connectivity index is 1.39. The average Bonchev–Trinajstić information content (AvgIpc) is 3.32. The molecule has 142 valence electrons. The van der Waals surface area contributed by atoms with Gasteiger partial charge in [0.05, 0.1) is 5.41 Å². The van der Waals surface area contributed by atoms with Crippen LogP contribution in [0.2, 0.25) is 0 Å². The molecule has 0 radical (unpaired) electrons. The summed E-state index contributed by atoms with van der Waals surface area (Å²) >= 11 is 0. The number of rotatable bonds is 4. The van der Waals surface area contributed by atoms with Crippen molar-refractivity contribution in [1.29, 1.82) is 0 Å². The molecule has 0 bridgehead atoms. The third kappa shape index (κ3) is 3.04. The number of carbonyl (C=O) groups is 1. The van der Waals surface area contributed by atoms with Crippen molar-refractivity contribution in [2.24, 2.45) is 11.8 Å². The number of piperidine rings is 1. The van der Waals surface area contributed by atoms with E-state index in [0.717, 1.165) is 63.6 Å². The standard InChI is InChI=1S/C20H26N6O/c1-14-22-19(24-23-14)20-6-9-25(10-15-4-7-21-8-5-15)11-17(20)12-26(13-20)18(27)16-2-3-16/h4-5,7-8,16-17H,2-3,6,9-13H2,1H3,(H,22,23,24)/t17-,20-/m1/s1. The molecule has 2 atom stereocenters. The first-order valence-electron chi connectivity index (χ1n) is 9.93. The summed E-state index contributed by atoms with van der Waals surface area (Å²) in [6, 6.07) is 4.16. The van der Waals surface area contributed by atoms with Crippen molar-refractivity contribution in [3.8, 4) is 0 Å². The summed E-state index contributed by atoms with van der Waals surface area (Å²) < 4.78 is 0. The van der Waals surface area contributed by atoms with Crippen molar-refractivity contribution in [2.75, 3.05) is 26.2 Å². The first-order valence-corrected chi connectivity index (χ1v) is 9.93. The van der Waals surface area contributed by atoms with E-state index in [0.29, 0.717) is 11.8 Å². The highest BCUT2D eigenvalue weighted by Crippen LogP contribution is 2.45. The number of likely N-dealkylation sites (tertiary alicyclic amines) is 2. The normalized spacial score (nSPS) is 28.3. The monoisotopic (exact) mass is 366 g/mol. The van der Waals surface area contributed by atoms with Gasteiger partial charge in [-0.25, -0.2) is 4.98 Å². The van der Waals surface area contributed by atoms with Gasteiger partial charge < -0.3 is 4.90 Å². The van der Waals surface area contributed by atoms with E-state index in [2.05, 4.69) is 37.1 Å². The molecule has 27 heavy (non-hydrogen) atoms. The molecule has 1 N–H and O–H groups in total. The smallest absolute Gasteiger partial charge is 0.225 e. The number of hydrogen-bond donors (Lipinski definition) is 1. The van der Waals surface area contributed by atoms with Gasteiger partial charge in [-0.15, -0.1) is 0 Å². The molecular weight excluding hydrogens is 340 g/mol. The molecule has 4 heterocycles. The zero-order valence-corrected chi connectivity index (χ0v) is 15.8. The lowest BCUT2D eigenvalue weighted by molar-refractivity contribution is -0.131. The summed E-state index contributed by atoms with van der Waals surface area (Å²) in [4.78, 5) is 26.2. The molecule has 0 spiro atoms. The fourth-order valence-electron chi connectivity index (χ4n) is 4.83. The molecule has 2 aliphatic heterocycles. The molecule has 0 aromatic carbocycles.